The van der Waals surface area contributed by atoms with Gasteiger partial charge in [0.2, 0.25) is 24.6 Å². The maximum absolute atomic E-state index is 12.5. The minimum absolute atomic E-state index is 0.00565. The van der Waals surface area contributed by atoms with E-state index in [1.165, 1.54) is 23.3 Å². The van der Waals surface area contributed by atoms with E-state index >= 15 is 0 Å². The van der Waals surface area contributed by atoms with Gasteiger partial charge in [-0.05, 0) is 57.4 Å². The second-order valence-corrected chi connectivity index (χ2v) is 15.2. The van der Waals surface area contributed by atoms with Gasteiger partial charge in [-0.1, -0.05) is 97.2 Å². The van der Waals surface area contributed by atoms with E-state index in [1.54, 1.807) is 32.4 Å². The first kappa shape index (κ1) is 51.6. The fourth-order valence-corrected chi connectivity index (χ4v) is 7.01. The molecule has 1 aromatic heterocycles. The fraction of sp³-hybridized carbons (Fsp3) is 0.690. The number of likely N-dealkylation sites (N-methyl/N-ethyl adjacent to an activating group) is 1. The summed E-state index contributed by atoms with van der Waals surface area (Å²) in [6.07, 6.45) is 10.6. The Labute approximate surface area is 336 Å². The van der Waals surface area contributed by atoms with E-state index in [9.17, 15) is 19.2 Å². The summed E-state index contributed by atoms with van der Waals surface area (Å²) in [6, 6.07) is 10.4. The Kier molecular flexibility index (Phi) is 29.8. The number of benzene rings is 1. The van der Waals surface area contributed by atoms with Crippen LogP contribution in [-0.4, -0.2) is 111 Å². The Balaban J connectivity index is 0.000000760. The number of aryl methyl sites for hydroxylation is 1. The van der Waals surface area contributed by atoms with Crippen LogP contribution in [0.25, 0.3) is 0 Å². The molecule has 0 bridgehead atoms. The number of aromatic nitrogens is 1. The Morgan fingerprint density at radius 2 is 1.71 bits per heavy atom. The first-order valence-corrected chi connectivity index (χ1v) is 20.9. The third-order valence-corrected chi connectivity index (χ3v) is 10.3. The molecular formula is C42H74N6O6S. The van der Waals surface area contributed by atoms with E-state index < -0.39 is 0 Å². The highest BCUT2D eigenvalue weighted by atomic mass is 32.1. The number of rotatable bonds is 16. The van der Waals surface area contributed by atoms with Crippen molar-refractivity contribution in [2.45, 2.75) is 137 Å². The van der Waals surface area contributed by atoms with Gasteiger partial charge in [0, 0.05) is 39.4 Å². The van der Waals surface area contributed by atoms with Crippen LogP contribution in [0.4, 0.5) is 0 Å². The third kappa shape index (κ3) is 20.9. The number of ether oxygens (including phenoxy) is 2. The molecule has 4 rings (SSSR count). The van der Waals surface area contributed by atoms with Crippen molar-refractivity contribution >= 4 is 36.0 Å². The molecule has 2 aromatic rings. The van der Waals surface area contributed by atoms with Gasteiger partial charge in [-0.15, -0.1) is 11.3 Å². The van der Waals surface area contributed by atoms with Crippen LogP contribution in [0.2, 0.25) is 0 Å². The summed E-state index contributed by atoms with van der Waals surface area (Å²) in [5.74, 6) is 0.650. The number of methoxy groups -OCH3 is 2. The Bertz CT molecular complexity index is 1240. The number of likely N-dealkylation sites (tertiary alicyclic amines) is 1. The molecule has 314 valence electrons. The summed E-state index contributed by atoms with van der Waals surface area (Å²) in [7, 11) is 5.22. The number of hydrogen-bond acceptors (Lipinski definition) is 9. The summed E-state index contributed by atoms with van der Waals surface area (Å²) in [5.41, 5.74) is 1.32. The Hall–Kier alpha value is -3.39. The SMILES string of the molecule is CCC.CCC(C)C(C(CC)OC)N(C)C(=O)CNC(=O)C1CCCN1.COC(C(C)C)C1CCCN1C=O.Cc1ccccc1.O=CNCc1nccs1. The molecule has 3 heterocycles. The van der Waals surface area contributed by atoms with Crippen molar-refractivity contribution in [3.8, 4) is 0 Å². The maximum Gasteiger partial charge on any atom is 0.242 e. The lowest BCUT2D eigenvalue weighted by Gasteiger charge is -2.37. The van der Waals surface area contributed by atoms with Crippen LogP contribution >= 0.6 is 11.3 Å². The van der Waals surface area contributed by atoms with Crippen LogP contribution in [-0.2, 0) is 35.2 Å². The van der Waals surface area contributed by atoms with Gasteiger partial charge >= 0.3 is 0 Å². The topological polar surface area (TPSA) is 142 Å². The summed E-state index contributed by atoms with van der Waals surface area (Å²) in [4.78, 5) is 52.6. The minimum atomic E-state index is -0.152. The van der Waals surface area contributed by atoms with Crippen molar-refractivity contribution in [2.24, 2.45) is 11.8 Å². The zero-order valence-corrected chi connectivity index (χ0v) is 36.5. The molecule has 0 spiro atoms. The summed E-state index contributed by atoms with van der Waals surface area (Å²) in [5, 5.41) is 11.2. The van der Waals surface area contributed by atoms with Gasteiger partial charge < -0.3 is 35.2 Å². The summed E-state index contributed by atoms with van der Waals surface area (Å²) in [6.45, 7) is 19.3. The lowest BCUT2D eigenvalue weighted by molar-refractivity contribution is -0.137. The average molecular weight is 791 g/mol. The standard InChI is InChI=1S/C17H33N3O3.C10H19NO2.C7H8.C5H6N2OS.C3H8/c1-6-12(3)16(14(7-2)23-5)20(4)15(21)11-19-17(22)13-9-8-10-18-13;1-8(2)10(13-3)9-5-4-6-11(9)7-12;1-7-5-3-2-4-6-7;8-4-6-3-5-7-1-2-9-5;1-3-2/h12-14,16,18H,6-11H2,1-5H3,(H,19,22);7-10H,4-6H2,1-3H3;2-6H,1H3;1-2,4H,3H2,(H,6,8);3H2,1-2H3. The summed E-state index contributed by atoms with van der Waals surface area (Å²) >= 11 is 1.53. The predicted molar refractivity (Wildman–Crippen MR) is 225 cm³/mol. The minimum Gasteiger partial charge on any atom is -0.379 e. The van der Waals surface area contributed by atoms with E-state index in [-0.39, 0.29) is 42.7 Å². The molecule has 2 aliphatic rings. The molecule has 2 saturated heterocycles. The zero-order valence-electron chi connectivity index (χ0n) is 35.7. The van der Waals surface area contributed by atoms with Gasteiger partial charge in [-0.3, -0.25) is 19.2 Å². The van der Waals surface area contributed by atoms with Crippen molar-refractivity contribution in [3.63, 3.8) is 0 Å². The Morgan fingerprint density at radius 1 is 1.04 bits per heavy atom. The molecule has 55 heavy (non-hydrogen) atoms. The smallest absolute Gasteiger partial charge is 0.242 e. The molecule has 0 saturated carbocycles. The van der Waals surface area contributed by atoms with Crippen molar-refractivity contribution in [3.05, 3.63) is 52.5 Å². The van der Waals surface area contributed by atoms with Crippen LogP contribution in [0.5, 0.6) is 0 Å². The monoisotopic (exact) mass is 791 g/mol. The normalized spacial score (nSPS) is 17.9. The van der Waals surface area contributed by atoms with Gasteiger partial charge in [-0.25, -0.2) is 4.98 Å². The van der Waals surface area contributed by atoms with Crippen molar-refractivity contribution in [1.82, 2.24) is 30.7 Å². The first-order valence-electron chi connectivity index (χ1n) is 20.0. The third-order valence-electron chi connectivity index (χ3n) is 9.49. The van der Waals surface area contributed by atoms with Crippen LogP contribution in [0.1, 0.15) is 104 Å². The number of nitrogens with one attached hydrogen (secondary N) is 3. The Morgan fingerprint density at radius 3 is 2.15 bits per heavy atom. The molecular weight excluding hydrogens is 717 g/mol. The van der Waals surface area contributed by atoms with E-state index in [4.69, 9.17) is 9.47 Å². The molecule has 2 aliphatic heterocycles. The van der Waals surface area contributed by atoms with E-state index in [2.05, 4.69) is 88.5 Å². The maximum atomic E-state index is 12.5. The van der Waals surface area contributed by atoms with Crippen molar-refractivity contribution < 1.29 is 28.7 Å². The number of thiazole rings is 1. The van der Waals surface area contributed by atoms with E-state index in [0.717, 1.165) is 63.0 Å². The molecule has 6 unspecified atom stereocenters. The van der Waals surface area contributed by atoms with Crippen LogP contribution in [0.3, 0.4) is 0 Å². The number of carbonyl (C=O) groups excluding carboxylic acids is 4. The molecule has 1 aromatic carbocycles. The predicted octanol–water partition coefficient (Wildman–Crippen LogP) is 6.23. The fourth-order valence-electron chi connectivity index (χ4n) is 6.45. The molecule has 13 heteroatoms. The molecule has 3 N–H and O–H groups in total. The average Bonchev–Trinajstić information content (AvgIpc) is 4.01. The van der Waals surface area contributed by atoms with Crippen molar-refractivity contribution in [1.29, 1.82) is 0 Å². The number of carbonyl (C=O) groups is 4. The largest absolute Gasteiger partial charge is 0.379 e. The van der Waals surface area contributed by atoms with Gasteiger partial charge in [0.15, 0.2) is 0 Å². The molecule has 6 atom stereocenters. The lowest BCUT2D eigenvalue weighted by atomic mass is 9.91. The lowest BCUT2D eigenvalue weighted by Crippen LogP contribution is -2.52. The highest BCUT2D eigenvalue weighted by Gasteiger charge is 2.33. The number of hydrogen-bond donors (Lipinski definition) is 3. The quantitative estimate of drug-likeness (QED) is 0.170. The molecule has 0 aliphatic carbocycles. The zero-order chi connectivity index (χ0) is 41.6. The van der Waals surface area contributed by atoms with Crippen LogP contribution < -0.4 is 16.0 Å². The van der Waals surface area contributed by atoms with Gasteiger partial charge in [0.1, 0.15) is 5.01 Å². The van der Waals surface area contributed by atoms with Crippen LogP contribution in [0, 0.1) is 18.8 Å². The molecule has 0 radical (unpaired) electrons. The van der Waals surface area contributed by atoms with Crippen molar-refractivity contribution in [2.75, 3.05) is 40.9 Å². The first-order chi connectivity index (χ1) is 26.4. The van der Waals surface area contributed by atoms with Gasteiger partial charge in [0.25, 0.3) is 0 Å². The highest BCUT2D eigenvalue weighted by Crippen LogP contribution is 2.24. The molecule has 12 nitrogen and oxygen atoms in total. The highest BCUT2D eigenvalue weighted by molar-refractivity contribution is 7.09. The number of nitrogens with zero attached hydrogens (tertiary/aromatic N) is 3. The number of amides is 4. The molecule has 4 amide bonds. The van der Waals surface area contributed by atoms with Crippen LogP contribution in [0.15, 0.2) is 41.9 Å². The summed E-state index contributed by atoms with van der Waals surface area (Å²) < 4.78 is 11.0. The second-order valence-electron chi connectivity index (χ2n) is 14.2. The second kappa shape index (κ2) is 31.8. The van der Waals surface area contributed by atoms with E-state index in [0.29, 0.717) is 30.8 Å². The van der Waals surface area contributed by atoms with Gasteiger partial charge in [0.05, 0.1) is 43.4 Å². The van der Waals surface area contributed by atoms with E-state index in [1.807, 2.05) is 28.5 Å². The molecule has 2 fully saturated rings. The van der Waals surface area contributed by atoms with Gasteiger partial charge in [-0.2, -0.15) is 0 Å².